The highest BCUT2D eigenvalue weighted by molar-refractivity contribution is 6.11. The minimum atomic E-state index is -0.837. The first-order chi connectivity index (χ1) is 18.5. The van der Waals surface area contributed by atoms with Crippen LogP contribution in [-0.2, 0) is 0 Å². The Balaban J connectivity index is 1.38. The maximum Gasteiger partial charge on any atom is 0.225 e. The number of anilines is 1. The average Bonchev–Trinajstić information content (AvgIpc) is 2.97. The molecule has 38 heavy (non-hydrogen) atoms. The number of benzene rings is 2. The second kappa shape index (κ2) is 11.2. The van der Waals surface area contributed by atoms with Gasteiger partial charge in [-0.2, -0.15) is 0 Å². The first-order valence-electron chi connectivity index (χ1n) is 11.9. The maximum atomic E-state index is 13.8. The van der Waals surface area contributed by atoms with Gasteiger partial charge in [0, 0.05) is 55.8 Å². The molecule has 5 rings (SSSR count). The molecule has 0 amide bonds. The van der Waals surface area contributed by atoms with Crippen molar-refractivity contribution >= 4 is 23.2 Å². The van der Waals surface area contributed by atoms with Gasteiger partial charge in [0.25, 0.3) is 0 Å². The fraction of sp³-hybridized carbons (Fsp3) is 0.185. The van der Waals surface area contributed by atoms with E-state index < -0.39 is 11.6 Å². The van der Waals surface area contributed by atoms with E-state index in [4.69, 9.17) is 9.72 Å². The van der Waals surface area contributed by atoms with Crippen molar-refractivity contribution in [1.82, 2.24) is 20.3 Å². The van der Waals surface area contributed by atoms with Crippen molar-refractivity contribution < 1.29 is 18.3 Å². The van der Waals surface area contributed by atoms with Crippen LogP contribution in [0.3, 0.4) is 0 Å². The summed E-state index contributed by atoms with van der Waals surface area (Å²) >= 11 is 0. The summed E-state index contributed by atoms with van der Waals surface area (Å²) in [5.74, 6) is -0.640. The molecule has 2 aromatic carbocycles. The highest BCUT2D eigenvalue weighted by Crippen LogP contribution is 2.29. The number of hydrogen-bond acceptors (Lipinski definition) is 9. The van der Waals surface area contributed by atoms with Gasteiger partial charge in [-0.25, -0.2) is 23.7 Å². The summed E-state index contributed by atoms with van der Waals surface area (Å²) in [5.41, 5.74) is 1.95. The molecular weight excluding hydrogens is 492 g/mol. The van der Waals surface area contributed by atoms with Crippen LogP contribution < -0.4 is 15.0 Å². The third kappa shape index (κ3) is 5.52. The molecule has 9 nitrogen and oxygen atoms in total. The molecule has 0 aliphatic carbocycles. The highest BCUT2D eigenvalue weighted by atomic mass is 19.1. The normalized spacial score (nSPS) is 13.6. The third-order valence-electron chi connectivity index (χ3n) is 5.96. The van der Waals surface area contributed by atoms with Crippen LogP contribution in [0.25, 0.3) is 11.3 Å². The smallest absolute Gasteiger partial charge is 0.225 e. The second-order valence-electron chi connectivity index (χ2n) is 8.42. The van der Waals surface area contributed by atoms with Crippen molar-refractivity contribution in [2.45, 2.75) is 0 Å². The van der Waals surface area contributed by atoms with Gasteiger partial charge in [0.2, 0.25) is 5.95 Å². The van der Waals surface area contributed by atoms with Crippen LogP contribution >= 0.6 is 0 Å². The molecule has 0 spiro atoms. The van der Waals surface area contributed by atoms with Gasteiger partial charge in [-0.1, -0.05) is 0 Å². The van der Waals surface area contributed by atoms with Crippen molar-refractivity contribution in [1.29, 1.82) is 0 Å². The number of nitrogens with zero attached hydrogens (tertiary/aromatic N) is 6. The first-order valence-corrected chi connectivity index (χ1v) is 11.9. The summed E-state index contributed by atoms with van der Waals surface area (Å²) in [6.45, 7) is 3.37. The lowest BCUT2D eigenvalue weighted by Crippen LogP contribution is -2.44. The van der Waals surface area contributed by atoms with Crippen LogP contribution in [0.1, 0.15) is 15.9 Å². The molecule has 4 aromatic rings. The largest absolute Gasteiger partial charge is 0.496 e. The van der Waals surface area contributed by atoms with Gasteiger partial charge in [0.15, 0.2) is 17.4 Å². The Kier molecular flexibility index (Phi) is 7.36. The lowest BCUT2D eigenvalue weighted by molar-refractivity contribution is 0.103. The van der Waals surface area contributed by atoms with E-state index in [2.05, 4.69) is 30.4 Å². The fourth-order valence-electron chi connectivity index (χ4n) is 3.97. The summed E-state index contributed by atoms with van der Waals surface area (Å²) in [4.78, 5) is 28.8. The van der Waals surface area contributed by atoms with Gasteiger partial charge in [0.05, 0.1) is 18.4 Å². The minimum Gasteiger partial charge on any atom is -0.496 e. The molecule has 1 aliphatic heterocycles. The van der Waals surface area contributed by atoms with Crippen molar-refractivity contribution in [3.8, 4) is 17.0 Å². The van der Waals surface area contributed by atoms with Crippen LogP contribution in [0.15, 0.2) is 77.2 Å². The summed E-state index contributed by atoms with van der Waals surface area (Å²) in [7, 11) is 1.50. The maximum absolute atomic E-state index is 13.8. The molecule has 1 aliphatic rings. The van der Waals surface area contributed by atoms with Gasteiger partial charge in [-0.3, -0.25) is 4.79 Å². The van der Waals surface area contributed by atoms with Crippen molar-refractivity contribution in [3.05, 3.63) is 89.8 Å². The van der Waals surface area contributed by atoms with Crippen LogP contribution in [0.2, 0.25) is 0 Å². The number of carbonyl (C=O) groups is 1. The highest BCUT2D eigenvalue weighted by Gasteiger charge is 2.18. The zero-order valence-electron chi connectivity index (χ0n) is 20.4. The van der Waals surface area contributed by atoms with E-state index in [1.807, 2.05) is 6.07 Å². The van der Waals surface area contributed by atoms with Gasteiger partial charge in [-0.05, 0) is 48.5 Å². The van der Waals surface area contributed by atoms with Crippen molar-refractivity contribution in [3.63, 3.8) is 0 Å². The molecule has 1 saturated heterocycles. The molecule has 0 radical (unpaired) electrons. The predicted octanol–water partition coefficient (Wildman–Crippen LogP) is 4.88. The van der Waals surface area contributed by atoms with E-state index in [1.54, 1.807) is 30.5 Å². The van der Waals surface area contributed by atoms with Crippen LogP contribution in [-0.4, -0.2) is 54.0 Å². The lowest BCUT2D eigenvalue weighted by Gasteiger charge is -2.27. The fourth-order valence-corrected chi connectivity index (χ4v) is 3.97. The van der Waals surface area contributed by atoms with E-state index in [9.17, 15) is 13.6 Å². The molecule has 0 saturated carbocycles. The predicted molar refractivity (Wildman–Crippen MR) is 137 cm³/mol. The number of ketones is 1. The number of azo groups is 1. The number of piperazine rings is 1. The number of methoxy groups -OCH3 is 1. The SMILES string of the molecule is COc1ccc(-c2ccnc(N3CCNCC3)n2)cc1C(=O)c1ccc(N=Nc2ccc(F)cc2F)nc1. The van der Waals surface area contributed by atoms with Crippen LogP contribution in [0.5, 0.6) is 5.75 Å². The number of carbonyl (C=O) groups excluding carboxylic acids is 1. The zero-order valence-corrected chi connectivity index (χ0v) is 20.4. The second-order valence-corrected chi connectivity index (χ2v) is 8.42. The average molecular weight is 516 g/mol. The molecule has 11 heteroatoms. The Morgan fingerprint density at radius 3 is 2.58 bits per heavy atom. The van der Waals surface area contributed by atoms with Crippen LogP contribution in [0.4, 0.5) is 26.2 Å². The quantitative estimate of drug-likeness (QED) is 0.276. The van der Waals surface area contributed by atoms with E-state index in [0.29, 0.717) is 28.5 Å². The number of hydrogen-bond donors (Lipinski definition) is 1. The molecule has 2 aromatic heterocycles. The summed E-state index contributed by atoms with van der Waals surface area (Å²) in [5, 5.41) is 10.9. The van der Waals surface area contributed by atoms with E-state index in [0.717, 1.165) is 43.9 Å². The van der Waals surface area contributed by atoms with Gasteiger partial charge in [-0.15, -0.1) is 10.2 Å². The third-order valence-corrected chi connectivity index (χ3v) is 5.96. The number of rotatable bonds is 7. The van der Waals surface area contributed by atoms with Crippen molar-refractivity contribution in [2.75, 3.05) is 38.2 Å². The number of ether oxygens (including phenoxy) is 1. The molecule has 0 unspecified atom stereocenters. The van der Waals surface area contributed by atoms with Gasteiger partial charge in [0.1, 0.15) is 17.3 Å². The Morgan fingerprint density at radius 2 is 1.84 bits per heavy atom. The van der Waals surface area contributed by atoms with Gasteiger partial charge < -0.3 is 15.0 Å². The van der Waals surface area contributed by atoms with Crippen LogP contribution in [0, 0.1) is 11.6 Å². The zero-order chi connectivity index (χ0) is 26.5. The molecule has 3 heterocycles. The molecule has 0 bridgehead atoms. The first kappa shape index (κ1) is 25.0. The van der Waals surface area contributed by atoms with Gasteiger partial charge >= 0.3 is 0 Å². The number of aromatic nitrogens is 3. The summed E-state index contributed by atoms with van der Waals surface area (Å²) in [6, 6.07) is 13.1. The topological polar surface area (TPSA) is 105 Å². The van der Waals surface area contributed by atoms with E-state index in [-0.39, 0.29) is 17.3 Å². The van der Waals surface area contributed by atoms with Crippen molar-refractivity contribution in [2.24, 2.45) is 10.2 Å². The van der Waals surface area contributed by atoms with E-state index in [1.165, 1.54) is 25.4 Å². The van der Waals surface area contributed by atoms with E-state index >= 15 is 0 Å². The Hall–Kier alpha value is -4.64. The molecule has 192 valence electrons. The summed E-state index contributed by atoms with van der Waals surface area (Å²) < 4.78 is 32.3. The lowest BCUT2D eigenvalue weighted by atomic mass is 10.00. The summed E-state index contributed by atoms with van der Waals surface area (Å²) in [6.07, 6.45) is 3.07. The number of halogens is 2. The standard InChI is InChI=1S/C27H23F2N7O2/c1-38-24-6-2-17(22-8-9-31-27(33-22)36-12-10-30-11-13-36)14-20(24)26(37)18-3-7-25(32-16-18)35-34-23-5-4-19(28)15-21(23)29/h2-9,14-16,30H,10-13H2,1H3. The molecular formula is C27H23F2N7O2. The Labute approximate surface area is 217 Å². The number of nitrogens with one attached hydrogen (secondary N) is 1. The molecule has 1 fully saturated rings. The Bertz CT molecular complexity index is 1490. The number of pyridine rings is 1. The Morgan fingerprint density at radius 1 is 1.00 bits per heavy atom. The monoisotopic (exact) mass is 515 g/mol. The molecule has 0 atom stereocenters. The minimum absolute atomic E-state index is 0.125. The molecule has 1 N–H and O–H groups in total.